The molecule has 7 heteroatoms. The first-order valence-electron chi connectivity index (χ1n) is 8.73. The smallest absolute Gasteiger partial charge is 0.340 e. The van der Waals surface area contributed by atoms with Gasteiger partial charge in [0.1, 0.15) is 5.60 Å². The average Bonchev–Trinajstić information content (AvgIpc) is 2.91. The molecule has 0 aliphatic heterocycles. The van der Waals surface area contributed by atoms with E-state index in [4.69, 9.17) is 8.92 Å². The zero-order valence-electron chi connectivity index (χ0n) is 15.8. The quantitative estimate of drug-likeness (QED) is 0.427. The Morgan fingerprint density at radius 3 is 2.54 bits per heavy atom. The van der Waals surface area contributed by atoms with E-state index in [0.29, 0.717) is 12.0 Å². The lowest BCUT2D eigenvalue weighted by Gasteiger charge is -2.19. The molecule has 1 N–H and O–H groups in total. The van der Waals surface area contributed by atoms with Gasteiger partial charge in [-0.1, -0.05) is 12.5 Å². The summed E-state index contributed by atoms with van der Waals surface area (Å²) in [6.45, 7) is 5.76. The summed E-state index contributed by atoms with van der Waals surface area (Å²) in [5, 5.41) is 0.858. The minimum Gasteiger partial charge on any atom is -0.456 e. The molecular formula is C19H27NO5S. The third kappa shape index (κ3) is 6.46. The van der Waals surface area contributed by atoms with E-state index in [-0.39, 0.29) is 12.6 Å². The first-order valence-corrected chi connectivity index (χ1v) is 10.5. The van der Waals surface area contributed by atoms with E-state index in [2.05, 4.69) is 4.98 Å². The molecule has 0 aliphatic rings. The summed E-state index contributed by atoms with van der Waals surface area (Å²) in [6.07, 6.45) is 6.09. The highest BCUT2D eigenvalue weighted by atomic mass is 32.2. The van der Waals surface area contributed by atoms with Gasteiger partial charge in [-0.3, -0.25) is 4.18 Å². The summed E-state index contributed by atoms with van der Waals surface area (Å²) in [6, 6.07) is 6.01. The fraction of sp³-hybridized carbons (Fsp3) is 0.526. The molecule has 0 aliphatic carbocycles. The highest BCUT2D eigenvalue weighted by Crippen LogP contribution is 2.23. The van der Waals surface area contributed by atoms with Crippen molar-refractivity contribution in [2.75, 3.05) is 12.9 Å². The van der Waals surface area contributed by atoms with Crippen LogP contribution < -0.4 is 0 Å². The topological polar surface area (TPSA) is 85.5 Å². The summed E-state index contributed by atoms with van der Waals surface area (Å²) >= 11 is 0. The summed E-state index contributed by atoms with van der Waals surface area (Å²) in [4.78, 5) is 15.5. The van der Waals surface area contributed by atoms with E-state index >= 15 is 0 Å². The molecule has 6 nitrogen and oxygen atoms in total. The molecule has 1 heterocycles. The second kappa shape index (κ2) is 8.22. The molecule has 0 amide bonds. The van der Waals surface area contributed by atoms with Gasteiger partial charge in [-0.25, -0.2) is 4.79 Å². The van der Waals surface area contributed by atoms with E-state index in [1.54, 1.807) is 6.20 Å². The third-order valence-corrected chi connectivity index (χ3v) is 4.37. The van der Waals surface area contributed by atoms with Gasteiger partial charge in [0.2, 0.25) is 0 Å². The lowest BCUT2D eigenvalue weighted by molar-refractivity contribution is 0.00718. The number of carbonyl (C=O) groups excluding carboxylic acids is 1. The molecule has 26 heavy (non-hydrogen) atoms. The van der Waals surface area contributed by atoms with Crippen molar-refractivity contribution in [1.29, 1.82) is 0 Å². The molecule has 0 spiro atoms. The Labute approximate surface area is 155 Å². The molecule has 0 fully saturated rings. The number of esters is 1. The van der Waals surface area contributed by atoms with Crippen molar-refractivity contribution in [1.82, 2.24) is 4.98 Å². The molecule has 0 saturated carbocycles. The minimum absolute atomic E-state index is 0.221. The molecule has 1 aromatic carbocycles. The van der Waals surface area contributed by atoms with Crippen LogP contribution in [0.4, 0.5) is 0 Å². The number of ether oxygens (including phenoxy) is 1. The molecule has 0 bridgehead atoms. The van der Waals surface area contributed by atoms with Crippen LogP contribution in [0.3, 0.4) is 0 Å². The lowest BCUT2D eigenvalue weighted by atomic mass is 10.0. The van der Waals surface area contributed by atoms with E-state index in [1.807, 2.05) is 39.0 Å². The Kier molecular flexibility index (Phi) is 6.47. The lowest BCUT2D eigenvalue weighted by Crippen LogP contribution is -2.23. The van der Waals surface area contributed by atoms with E-state index in [1.165, 1.54) is 0 Å². The van der Waals surface area contributed by atoms with Gasteiger partial charge in [-0.05, 0) is 57.7 Å². The molecular weight excluding hydrogens is 354 g/mol. The Balaban J connectivity index is 1.95. The number of hydrogen-bond donors (Lipinski definition) is 1. The van der Waals surface area contributed by atoms with Gasteiger partial charge in [0.25, 0.3) is 10.1 Å². The maximum atomic E-state index is 12.4. The molecule has 2 aromatic rings. The van der Waals surface area contributed by atoms with E-state index in [9.17, 15) is 13.2 Å². The van der Waals surface area contributed by atoms with Crippen molar-refractivity contribution < 1.29 is 22.1 Å². The molecule has 0 atom stereocenters. The van der Waals surface area contributed by atoms with Gasteiger partial charge < -0.3 is 9.72 Å². The number of carbonyl (C=O) groups is 1. The molecule has 1 aromatic heterocycles. The summed E-state index contributed by atoms with van der Waals surface area (Å²) < 4.78 is 32.0. The summed E-state index contributed by atoms with van der Waals surface area (Å²) in [7, 11) is -3.35. The first-order chi connectivity index (χ1) is 12.1. The van der Waals surface area contributed by atoms with Gasteiger partial charge in [0, 0.05) is 17.1 Å². The van der Waals surface area contributed by atoms with Crippen LogP contribution in [0.5, 0.6) is 0 Å². The molecule has 0 saturated heterocycles. The Bertz CT molecular complexity index is 862. The highest BCUT2D eigenvalue weighted by molar-refractivity contribution is 7.85. The summed E-state index contributed by atoms with van der Waals surface area (Å²) in [5.41, 5.74) is 2.03. The Morgan fingerprint density at radius 1 is 1.15 bits per heavy atom. The standard InChI is InChI=1S/C19H27NO5S/c1-19(2,3)25-18(21)16-13-20-17-10-9-14(12-15(16)17)8-6-5-7-11-24-26(4,22)23/h9-10,12-13,20H,5-8,11H2,1-4H3. The fourth-order valence-electron chi connectivity index (χ4n) is 2.64. The van der Waals surface area contributed by atoms with Crippen LogP contribution in [0.1, 0.15) is 56.0 Å². The second-order valence-electron chi connectivity index (χ2n) is 7.42. The highest BCUT2D eigenvalue weighted by Gasteiger charge is 2.20. The SMILES string of the molecule is CC(C)(C)OC(=O)c1c[nH]c2ccc(CCCCCOS(C)(=O)=O)cc12. The number of benzene rings is 1. The van der Waals surface area contributed by atoms with Crippen molar-refractivity contribution in [3.05, 3.63) is 35.5 Å². The number of aromatic nitrogens is 1. The first kappa shape index (κ1) is 20.5. The number of aryl methyl sites for hydroxylation is 1. The van der Waals surface area contributed by atoms with Crippen LogP contribution in [0.15, 0.2) is 24.4 Å². The number of H-pyrrole nitrogens is 1. The third-order valence-electron chi connectivity index (χ3n) is 3.77. The number of nitrogens with one attached hydrogen (secondary N) is 1. The number of hydrogen-bond acceptors (Lipinski definition) is 5. The van der Waals surface area contributed by atoms with Crippen LogP contribution in [0.25, 0.3) is 10.9 Å². The zero-order chi connectivity index (χ0) is 19.4. The van der Waals surface area contributed by atoms with Crippen LogP contribution in [0, 0.1) is 0 Å². The molecule has 0 radical (unpaired) electrons. The fourth-order valence-corrected chi connectivity index (χ4v) is 3.06. The van der Waals surface area contributed by atoms with Crippen molar-refractivity contribution in [2.24, 2.45) is 0 Å². The zero-order valence-corrected chi connectivity index (χ0v) is 16.6. The van der Waals surface area contributed by atoms with Gasteiger partial charge in [0.15, 0.2) is 0 Å². The second-order valence-corrected chi connectivity index (χ2v) is 9.06. The van der Waals surface area contributed by atoms with Crippen LogP contribution in [-0.4, -0.2) is 37.8 Å². The minimum atomic E-state index is -3.35. The van der Waals surface area contributed by atoms with Crippen molar-refractivity contribution in [3.8, 4) is 0 Å². The largest absolute Gasteiger partial charge is 0.456 e. The van der Waals surface area contributed by atoms with Gasteiger partial charge >= 0.3 is 5.97 Å². The van der Waals surface area contributed by atoms with Crippen molar-refractivity contribution in [3.63, 3.8) is 0 Å². The predicted molar refractivity (Wildman–Crippen MR) is 102 cm³/mol. The van der Waals surface area contributed by atoms with Crippen LogP contribution in [0.2, 0.25) is 0 Å². The van der Waals surface area contributed by atoms with Crippen LogP contribution >= 0.6 is 0 Å². The maximum Gasteiger partial charge on any atom is 0.340 e. The van der Waals surface area contributed by atoms with Gasteiger partial charge in [0.05, 0.1) is 18.4 Å². The monoisotopic (exact) mass is 381 g/mol. The molecule has 0 unspecified atom stereocenters. The number of rotatable bonds is 8. The molecule has 144 valence electrons. The van der Waals surface area contributed by atoms with Gasteiger partial charge in [-0.2, -0.15) is 8.42 Å². The van der Waals surface area contributed by atoms with Crippen LogP contribution in [-0.2, 0) is 25.5 Å². The average molecular weight is 381 g/mol. The molecule has 2 rings (SSSR count). The summed E-state index contributed by atoms with van der Waals surface area (Å²) in [5.74, 6) is -0.334. The maximum absolute atomic E-state index is 12.4. The number of unbranched alkanes of at least 4 members (excludes halogenated alkanes) is 2. The van der Waals surface area contributed by atoms with Gasteiger partial charge in [-0.15, -0.1) is 0 Å². The van der Waals surface area contributed by atoms with E-state index < -0.39 is 15.7 Å². The number of fused-ring (bicyclic) bond motifs is 1. The van der Waals surface area contributed by atoms with Crippen molar-refractivity contribution >= 4 is 27.0 Å². The number of aromatic amines is 1. The Morgan fingerprint density at radius 2 is 1.88 bits per heavy atom. The Hall–Kier alpha value is -1.86. The normalized spacial score (nSPS) is 12.5. The van der Waals surface area contributed by atoms with E-state index in [0.717, 1.165) is 42.0 Å². The predicted octanol–water partition coefficient (Wildman–Crippen LogP) is 3.81. The van der Waals surface area contributed by atoms with Crippen molar-refractivity contribution in [2.45, 2.75) is 52.1 Å².